The van der Waals surface area contributed by atoms with E-state index in [1.54, 1.807) is 39.5 Å². The van der Waals surface area contributed by atoms with Crippen LogP contribution in [-0.2, 0) is 4.79 Å². The fourth-order valence-electron chi connectivity index (χ4n) is 4.21. The zero-order valence-electron chi connectivity index (χ0n) is 19.9. The van der Waals surface area contributed by atoms with Crippen LogP contribution in [0.3, 0.4) is 0 Å². The number of hydrogen-bond donors (Lipinski definition) is 1. The lowest BCUT2D eigenvalue weighted by atomic mass is 9.97. The van der Waals surface area contributed by atoms with Crippen LogP contribution in [0.15, 0.2) is 48.7 Å². The number of amides is 1. The van der Waals surface area contributed by atoms with E-state index in [0.29, 0.717) is 23.7 Å². The monoisotopic (exact) mass is 493 g/mol. The molecule has 0 bridgehead atoms. The van der Waals surface area contributed by atoms with Crippen LogP contribution < -0.4 is 24.4 Å². The number of benzene rings is 2. The van der Waals surface area contributed by atoms with E-state index in [0.717, 1.165) is 46.5 Å². The summed E-state index contributed by atoms with van der Waals surface area (Å²) in [4.78, 5) is 20.8. The zero-order valence-corrected chi connectivity index (χ0v) is 20.7. The number of nitrogens with zero attached hydrogens (tertiary/aromatic N) is 4. The SMILES string of the molecule is COc1ccc(-c2cn3nc(N4CCCC(C(=O)Nc5cc(OC)cc(OC)c5)C4)sc3n2)cc1. The highest BCUT2D eigenvalue weighted by molar-refractivity contribution is 7.20. The highest BCUT2D eigenvalue weighted by Crippen LogP contribution is 2.31. The molecule has 2 aromatic carbocycles. The second kappa shape index (κ2) is 9.83. The molecule has 2 aromatic heterocycles. The lowest BCUT2D eigenvalue weighted by Gasteiger charge is -2.31. The van der Waals surface area contributed by atoms with Crippen LogP contribution in [0.1, 0.15) is 12.8 Å². The standard InChI is InChI=1S/C25H27N5O4S/c1-32-19-8-6-16(7-9-19)22-15-30-24(27-22)35-25(28-30)29-10-4-5-17(14-29)23(31)26-18-11-20(33-2)13-21(12-18)34-3/h6-9,11-13,15,17H,4-5,10,14H2,1-3H3,(H,26,31). The molecule has 182 valence electrons. The van der Waals surface area contributed by atoms with E-state index in [2.05, 4.69) is 10.2 Å². The van der Waals surface area contributed by atoms with Gasteiger partial charge < -0.3 is 24.4 Å². The van der Waals surface area contributed by atoms with E-state index in [-0.39, 0.29) is 11.8 Å². The van der Waals surface area contributed by atoms with E-state index in [1.165, 1.54) is 11.3 Å². The second-order valence-electron chi connectivity index (χ2n) is 8.34. The number of rotatable bonds is 7. The molecule has 1 amide bonds. The van der Waals surface area contributed by atoms with E-state index in [4.69, 9.17) is 24.3 Å². The number of aromatic nitrogens is 3. The minimum Gasteiger partial charge on any atom is -0.497 e. The molecule has 0 aliphatic carbocycles. The number of methoxy groups -OCH3 is 3. The Bertz CT molecular complexity index is 1280. The molecule has 0 saturated carbocycles. The van der Waals surface area contributed by atoms with Gasteiger partial charge in [0.05, 0.1) is 39.1 Å². The fourth-order valence-corrected chi connectivity index (χ4v) is 5.13. The van der Waals surface area contributed by atoms with Crippen LogP contribution in [0.2, 0.25) is 0 Å². The summed E-state index contributed by atoms with van der Waals surface area (Å²) in [5, 5.41) is 8.64. The highest BCUT2D eigenvalue weighted by Gasteiger charge is 2.28. The van der Waals surface area contributed by atoms with E-state index in [1.807, 2.05) is 35.0 Å². The van der Waals surface area contributed by atoms with Crippen molar-refractivity contribution in [3.8, 4) is 28.5 Å². The van der Waals surface area contributed by atoms with Crippen molar-refractivity contribution in [3.63, 3.8) is 0 Å². The third-order valence-corrected chi connectivity index (χ3v) is 7.08. The summed E-state index contributed by atoms with van der Waals surface area (Å²) in [5.74, 6) is 1.90. The Labute approximate surface area is 207 Å². The summed E-state index contributed by atoms with van der Waals surface area (Å²) < 4.78 is 17.7. The topological polar surface area (TPSA) is 90.2 Å². The molecule has 9 nitrogen and oxygen atoms in total. The van der Waals surface area contributed by atoms with Crippen LogP contribution in [0, 0.1) is 5.92 Å². The van der Waals surface area contributed by atoms with Crippen molar-refractivity contribution in [1.82, 2.24) is 14.6 Å². The zero-order chi connectivity index (χ0) is 24.4. The third kappa shape index (κ3) is 4.88. The second-order valence-corrected chi connectivity index (χ2v) is 9.28. The van der Waals surface area contributed by atoms with Crippen molar-refractivity contribution in [3.05, 3.63) is 48.7 Å². The maximum atomic E-state index is 13.1. The van der Waals surface area contributed by atoms with Crippen LogP contribution in [0.5, 0.6) is 17.2 Å². The molecule has 1 fully saturated rings. The summed E-state index contributed by atoms with van der Waals surface area (Å²) in [6.07, 6.45) is 3.67. The van der Waals surface area contributed by atoms with Crippen LogP contribution in [0.25, 0.3) is 16.2 Å². The molecule has 35 heavy (non-hydrogen) atoms. The Morgan fingerprint density at radius 2 is 1.74 bits per heavy atom. The van der Waals surface area contributed by atoms with Gasteiger partial charge in [-0.2, -0.15) is 0 Å². The lowest BCUT2D eigenvalue weighted by Crippen LogP contribution is -2.40. The van der Waals surface area contributed by atoms with E-state index < -0.39 is 0 Å². The van der Waals surface area contributed by atoms with Crippen molar-refractivity contribution in [2.45, 2.75) is 12.8 Å². The predicted octanol–water partition coefficient (Wildman–Crippen LogP) is 4.34. The first-order chi connectivity index (χ1) is 17.1. The van der Waals surface area contributed by atoms with Gasteiger partial charge >= 0.3 is 0 Å². The first-order valence-electron chi connectivity index (χ1n) is 11.4. The number of nitrogens with one attached hydrogen (secondary N) is 1. The molecule has 1 aliphatic rings. The van der Waals surface area contributed by atoms with Gasteiger partial charge in [-0.05, 0) is 37.1 Å². The number of ether oxygens (including phenoxy) is 3. The molecule has 3 heterocycles. The molecule has 0 radical (unpaired) electrons. The van der Waals surface area contributed by atoms with Crippen molar-refractivity contribution in [1.29, 1.82) is 0 Å². The summed E-state index contributed by atoms with van der Waals surface area (Å²) in [6.45, 7) is 1.47. The number of imidazole rings is 1. The number of carbonyl (C=O) groups is 1. The first kappa shape index (κ1) is 23.0. The Balaban J connectivity index is 1.28. The number of fused-ring (bicyclic) bond motifs is 1. The third-order valence-electron chi connectivity index (χ3n) is 6.10. The molecule has 1 N–H and O–H groups in total. The minimum atomic E-state index is -0.146. The number of hydrogen-bond acceptors (Lipinski definition) is 8. The van der Waals surface area contributed by atoms with Gasteiger partial charge in [0.15, 0.2) is 0 Å². The van der Waals surface area contributed by atoms with Crippen molar-refractivity contribution >= 4 is 33.0 Å². The largest absolute Gasteiger partial charge is 0.497 e. The van der Waals surface area contributed by atoms with Crippen molar-refractivity contribution in [2.24, 2.45) is 5.92 Å². The molecular formula is C25H27N5O4S. The molecular weight excluding hydrogens is 466 g/mol. The fraction of sp³-hybridized carbons (Fsp3) is 0.320. The number of piperidine rings is 1. The van der Waals surface area contributed by atoms with E-state index in [9.17, 15) is 4.79 Å². The molecule has 1 atom stereocenters. The van der Waals surface area contributed by atoms with Gasteiger partial charge in [0.25, 0.3) is 0 Å². The normalized spacial score (nSPS) is 15.7. The average molecular weight is 494 g/mol. The van der Waals surface area contributed by atoms with Crippen LogP contribution in [0.4, 0.5) is 10.8 Å². The van der Waals surface area contributed by atoms with Gasteiger partial charge in [0.2, 0.25) is 16.0 Å². The van der Waals surface area contributed by atoms with E-state index >= 15 is 0 Å². The summed E-state index contributed by atoms with van der Waals surface area (Å²) in [5.41, 5.74) is 2.53. The Morgan fingerprint density at radius 3 is 2.40 bits per heavy atom. The lowest BCUT2D eigenvalue weighted by molar-refractivity contribution is -0.120. The van der Waals surface area contributed by atoms with Gasteiger partial charge in [-0.3, -0.25) is 4.79 Å². The highest BCUT2D eigenvalue weighted by atomic mass is 32.1. The number of carbonyl (C=O) groups excluding carboxylic acids is 1. The molecule has 5 rings (SSSR count). The van der Waals surface area contributed by atoms with Gasteiger partial charge in [-0.15, -0.1) is 5.10 Å². The predicted molar refractivity (Wildman–Crippen MR) is 136 cm³/mol. The van der Waals surface area contributed by atoms with Gasteiger partial charge in [-0.25, -0.2) is 9.50 Å². The van der Waals surface area contributed by atoms with Gasteiger partial charge in [0.1, 0.15) is 17.2 Å². The molecule has 0 spiro atoms. The van der Waals surface area contributed by atoms with Crippen LogP contribution in [-0.4, -0.2) is 54.9 Å². The van der Waals surface area contributed by atoms with Crippen molar-refractivity contribution in [2.75, 3.05) is 44.6 Å². The quantitative estimate of drug-likeness (QED) is 0.410. The maximum Gasteiger partial charge on any atom is 0.229 e. The van der Waals surface area contributed by atoms with Crippen LogP contribution >= 0.6 is 11.3 Å². The first-order valence-corrected chi connectivity index (χ1v) is 12.2. The molecule has 10 heteroatoms. The molecule has 4 aromatic rings. The Morgan fingerprint density at radius 1 is 1.03 bits per heavy atom. The Hall–Kier alpha value is -3.79. The minimum absolute atomic E-state index is 0.0202. The summed E-state index contributed by atoms with van der Waals surface area (Å²) in [7, 11) is 4.83. The Kier molecular flexibility index (Phi) is 6.45. The smallest absolute Gasteiger partial charge is 0.229 e. The van der Waals surface area contributed by atoms with Gasteiger partial charge in [-0.1, -0.05) is 11.3 Å². The van der Waals surface area contributed by atoms with Gasteiger partial charge in [0, 0.05) is 42.5 Å². The average Bonchev–Trinajstić information content (AvgIpc) is 3.48. The maximum absolute atomic E-state index is 13.1. The summed E-state index contributed by atoms with van der Waals surface area (Å²) >= 11 is 1.53. The molecule has 1 saturated heterocycles. The molecule has 1 unspecified atom stereocenters. The van der Waals surface area contributed by atoms with Crippen molar-refractivity contribution < 1.29 is 19.0 Å². The number of anilines is 2. The molecule has 1 aliphatic heterocycles. The summed E-state index contributed by atoms with van der Waals surface area (Å²) in [6, 6.07) is 13.2.